The Morgan fingerprint density at radius 2 is 2.14 bits per heavy atom. The summed E-state index contributed by atoms with van der Waals surface area (Å²) in [5.41, 5.74) is 0.885. The lowest BCUT2D eigenvalue weighted by Crippen LogP contribution is -2.40. The van der Waals surface area contributed by atoms with E-state index in [0.717, 1.165) is 11.3 Å². The first-order valence-corrected chi connectivity index (χ1v) is 10.6. The summed E-state index contributed by atoms with van der Waals surface area (Å²) in [5.74, 6) is 0.695. The topological polar surface area (TPSA) is 80.8 Å². The van der Waals surface area contributed by atoms with Gasteiger partial charge in [-0.15, -0.1) is 0 Å². The minimum atomic E-state index is -3.69. The number of hydrogen-bond acceptors (Lipinski definition) is 5. The van der Waals surface area contributed by atoms with Crippen molar-refractivity contribution in [3.63, 3.8) is 0 Å². The SMILES string of the molecule is CCN(C1CCS(=O)(=O)C1)S(=O)(=O)c1ccc2c(c1)CCO2. The Kier molecular flexibility index (Phi) is 3.94. The maximum Gasteiger partial charge on any atom is 0.243 e. The van der Waals surface area contributed by atoms with E-state index in [9.17, 15) is 16.8 Å². The maximum atomic E-state index is 12.9. The molecule has 2 heterocycles. The summed E-state index contributed by atoms with van der Waals surface area (Å²) >= 11 is 0. The van der Waals surface area contributed by atoms with E-state index in [1.165, 1.54) is 10.4 Å². The van der Waals surface area contributed by atoms with Crippen molar-refractivity contribution >= 4 is 19.9 Å². The van der Waals surface area contributed by atoms with Crippen molar-refractivity contribution in [1.29, 1.82) is 0 Å². The molecule has 1 saturated heterocycles. The second-order valence-corrected chi connectivity index (χ2v) is 9.75. The fourth-order valence-electron chi connectivity index (χ4n) is 3.09. The molecule has 1 atom stereocenters. The van der Waals surface area contributed by atoms with Crippen LogP contribution in [0.1, 0.15) is 18.9 Å². The molecule has 0 amide bonds. The normalized spacial score (nSPS) is 23.5. The number of hydrogen-bond donors (Lipinski definition) is 0. The molecule has 1 unspecified atom stereocenters. The summed E-state index contributed by atoms with van der Waals surface area (Å²) in [6.45, 7) is 2.56. The molecule has 1 aromatic rings. The molecule has 0 spiro atoms. The molecule has 0 N–H and O–H groups in total. The predicted octanol–water partition coefficient (Wildman–Crippen LogP) is 0.819. The van der Waals surface area contributed by atoms with E-state index in [1.807, 2.05) is 0 Å². The van der Waals surface area contributed by atoms with Crippen LogP contribution < -0.4 is 4.74 Å². The zero-order chi connectivity index (χ0) is 16.0. The van der Waals surface area contributed by atoms with Gasteiger partial charge in [0.1, 0.15) is 5.75 Å². The summed E-state index contributed by atoms with van der Waals surface area (Å²) in [6, 6.07) is 4.38. The van der Waals surface area contributed by atoms with Gasteiger partial charge < -0.3 is 4.74 Å². The van der Waals surface area contributed by atoms with Crippen LogP contribution in [-0.2, 0) is 26.3 Å². The van der Waals surface area contributed by atoms with Gasteiger partial charge in [-0.1, -0.05) is 6.92 Å². The number of benzene rings is 1. The Labute approximate surface area is 131 Å². The van der Waals surface area contributed by atoms with Crippen LogP contribution in [0.3, 0.4) is 0 Å². The van der Waals surface area contributed by atoms with Gasteiger partial charge in [0.15, 0.2) is 9.84 Å². The third kappa shape index (κ3) is 2.75. The summed E-state index contributed by atoms with van der Waals surface area (Å²) < 4.78 is 55.7. The monoisotopic (exact) mass is 345 g/mol. The molecule has 1 aromatic carbocycles. The van der Waals surface area contributed by atoms with Crippen LogP contribution in [0.15, 0.2) is 23.1 Å². The van der Waals surface area contributed by atoms with Gasteiger partial charge in [-0.3, -0.25) is 0 Å². The van der Waals surface area contributed by atoms with Crippen molar-refractivity contribution < 1.29 is 21.6 Å². The Bertz CT molecular complexity index is 785. The van der Waals surface area contributed by atoms with E-state index >= 15 is 0 Å². The second-order valence-electron chi connectivity index (χ2n) is 5.63. The molecule has 0 bridgehead atoms. The first-order valence-electron chi connectivity index (χ1n) is 7.31. The van der Waals surface area contributed by atoms with Gasteiger partial charge in [0.05, 0.1) is 23.0 Å². The average molecular weight is 345 g/mol. The molecule has 0 aromatic heterocycles. The highest BCUT2D eigenvalue weighted by Crippen LogP contribution is 2.30. The Morgan fingerprint density at radius 1 is 1.36 bits per heavy atom. The molecule has 0 saturated carbocycles. The Hall–Kier alpha value is -1.12. The average Bonchev–Trinajstić information content (AvgIpc) is 3.04. The number of sulfone groups is 1. The number of nitrogens with zero attached hydrogens (tertiary/aromatic N) is 1. The molecule has 0 radical (unpaired) electrons. The van der Waals surface area contributed by atoms with E-state index in [0.29, 0.717) is 19.4 Å². The Balaban J connectivity index is 1.94. The summed E-state index contributed by atoms with van der Waals surface area (Å²) in [6.07, 6.45) is 1.06. The van der Waals surface area contributed by atoms with E-state index in [-0.39, 0.29) is 22.9 Å². The third-order valence-corrected chi connectivity index (χ3v) is 7.97. The smallest absolute Gasteiger partial charge is 0.243 e. The van der Waals surface area contributed by atoms with E-state index < -0.39 is 25.9 Å². The molecule has 8 heteroatoms. The van der Waals surface area contributed by atoms with E-state index in [2.05, 4.69) is 0 Å². The fourth-order valence-corrected chi connectivity index (χ4v) is 6.63. The lowest BCUT2D eigenvalue weighted by Gasteiger charge is -2.26. The summed E-state index contributed by atoms with van der Waals surface area (Å²) in [5, 5.41) is 0. The molecule has 3 rings (SSSR count). The van der Waals surface area contributed by atoms with Gasteiger partial charge in [-0.2, -0.15) is 4.31 Å². The molecule has 2 aliphatic rings. The molecular weight excluding hydrogens is 326 g/mol. The van der Waals surface area contributed by atoms with Crippen LogP contribution in [0.4, 0.5) is 0 Å². The number of sulfonamides is 1. The third-order valence-electron chi connectivity index (χ3n) is 4.19. The minimum Gasteiger partial charge on any atom is -0.493 e. The number of ether oxygens (including phenoxy) is 1. The van der Waals surface area contributed by atoms with Gasteiger partial charge in [0, 0.05) is 19.0 Å². The van der Waals surface area contributed by atoms with Crippen LogP contribution in [0.5, 0.6) is 5.75 Å². The Morgan fingerprint density at radius 3 is 2.77 bits per heavy atom. The van der Waals surface area contributed by atoms with Crippen LogP contribution in [0.25, 0.3) is 0 Å². The standard InChI is InChI=1S/C14H19NO5S2/c1-2-15(12-6-8-21(16,17)10-12)22(18,19)13-3-4-14-11(9-13)5-7-20-14/h3-4,9,12H,2,5-8,10H2,1H3. The lowest BCUT2D eigenvalue weighted by molar-refractivity contribution is 0.354. The van der Waals surface area contributed by atoms with Crippen molar-refractivity contribution in [3.05, 3.63) is 23.8 Å². The van der Waals surface area contributed by atoms with E-state index in [1.54, 1.807) is 19.1 Å². The van der Waals surface area contributed by atoms with Crippen molar-refractivity contribution in [2.24, 2.45) is 0 Å². The summed E-state index contributed by atoms with van der Waals surface area (Å²) in [4.78, 5) is 0.211. The minimum absolute atomic E-state index is 0.0573. The van der Waals surface area contributed by atoms with Crippen molar-refractivity contribution in [1.82, 2.24) is 4.31 Å². The van der Waals surface area contributed by atoms with Crippen molar-refractivity contribution in [2.45, 2.75) is 30.7 Å². The van der Waals surface area contributed by atoms with Crippen LogP contribution in [0, 0.1) is 0 Å². The molecule has 122 valence electrons. The highest BCUT2D eigenvalue weighted by molar-refractivity contribution is 7.92. The van der Waals surface area contributed by atoms with Crippen LogP contribution in [0.2, 0.25) is 0 Å². The van der Waals surface area contributed by atoms with Crippen molar-refractivity contribution in [2.75, 3.05) is 24.7 Å². The largest absolute Gasteiger partial charge is 0.493 e. The molecular formula is C14H19NO5S2. The molecule has 2 aliphatic heterocycles. The lowest BCUT2D eigenvalue weighted by atomic mass is 10.2. The highest BCUT2D eigenvalue weighted by Gasteiger charge is 2.38. The second kappa shape index (κ2) is 5.50. The van der Waals surface area contributed by atoms with Gasteiger partial charge >= 0.3 is 0 Å². The molecule has 22 heavy (non-hydrogen) atoms. The fraction of sp³-hybridized carbons (Fsp3) is 0.571. The summed E-state index contributed by atoms with van der Waals surface area (Å²) in [7, 11) is -6.82. The number of rotatable bonds is 4. The van der Waals surface area contributed by atoms with Crippen molar-refractivity contribution in [3.8, 4) is 5.75 Å². The zero-order valence-electron chi connectivity index (χ0n) is 12.4. The number of fused-ring (bicyclic) bond motifs is 1. The highest BCUT2D eigenvalue weighted by atomic mass is 32.2. The van der Waals surface area contributed by atoms with Crippen LogP contribution in [-0.4, -0.2) is 51.8 Å². The quantitative estimate of drug-likeness (QED) is 0.807. The van der Waals surface area contributed by atoms with Crippen LogP contribution >= 0.6 is 0 Å². The van der Waals surface area contributed by atoms with Gasteiger partial charge in [0.2, 0.25) is 10.0 Å². The molecule has 0 aliphatic carbocycles. The first kappa shape index (κ1) is 15.8. The maximum absolute atomic E-state index is 12.9. The van der Waals surface area contributed by atoms with Gasteiger partial charge in [0.25, 0.3) is 0 Å². The zero-order valence-corrected chi connectivity index (χ0v) is 14.0. The first-order chi connectivity index (χ1) is 10.3. The van der Waals surface area contributed by atoms with Gasteiger partial charge in [-0.25, -0.2) is 16.8 Å². The van der Waals surface area contributed by atoms with Gasteiger partial charge in [-0.05, 0) is 30.2 Å². The van der Waals surface area contributed by atoms with E-state index in [4.69, 9.17) is 4.74 Å². The molecule has 6 nitrogen and oxygen atoms in total. The molecule has 1 fully saturated rings. The predicted molar refractivity (Wildman–Crippen MR) is 82.3 cm³/mol.